The number of carboxylic acid groups (broad SMARTS) is 1. The molecule has 1 amide bonds. The van der Waals surface area contributed by atoms with Gasteiger partial charge in [0.2, 0.25) is 5.91 Å². The van der Waals surface area contributed by atoms with E-state index in [4.69, 9.17) is 4.74 Å². The van der Waals surface area contributed by atoms with Gasteiger partial charge in [-0.3, -0.25) is 4.79 Å². The average molecular weight is 293 g/mol. The normalized spacial score (nSPS) is 13.4. The summed E-state index contributed by atoms with van der Waals surface area (Å²) in [5.41, 5.74) is -0.789. The Morgan fingerprint density at radius 3 is 2.43 bits per heavy atom. The molecule has 21 heavy (non-hydrogen) atoms. The van der Waals surface area contributed by atoms with E-state index in [1.165, 1.54) is 0 Å². The van der Waals surface area contributed by atoms with Gasteiger partial charge in [0.15, 0.2) is 5.54 Å². The molecule has 0 aromatic heterocycles. The maximum atomic E-state index is 12.0. The fourth-order valence-electron chi connectivity index (χ4n) is 2.20. The van der Waals surface area contributed by atoms with Crippen LogP contribution in [0.4, 0.5) is 0 Å². The molecule has 1 aromatic rings. The third kappa shape index (κ3) is 4.56. The number of nitrogens with one attached hydrogen (secondary N) is 1. The zero-order valence-corrected chi connectivity index (χ0v) is 12.6. The molecule has 1 unspecified atom stereocenters. The van der Waals surface area contributed by atoms with Crippen LogP contribution in [-0.2, 0) is 19.9 Å². The van der Waals surface area contributed by atoms with Crippen molar-refractivity contribution < 1.29 is 19.4 Å². The van der Waals surface area contributed by atoms with E-state index in [0.717, 1.165) is 0 Å². The van der Waals surface area contributed by atoms with Crippen LogP contribution in [0.25, 0.3) is 0 Å². The minimum atomic E-state index is -1.37. The number of hydrogen-bond acceptors (Lipinski definition) is 3. The molecular formula is C16H23NO4. The molecule has 0 aliphatic rings. The molecule has 0 aliphatic carbocycles. The maximum absolute atomic E-state index is 12.0. The lowest BCUT2D eigenvalue weighted by molar-refractivity contribution is -0.148. The van der Waals surface area contributed by atoms with E-state index in [2.05, 4.69) is 5.32 Å². The lowest BCUT2D eigenvalue weighted by Crippen LogP contribution is -2.51. The molecule has 1 rings (SSSR count). The summed E-state index contributed by atoms with van der Waals surface area (Å²) in [7, 11) is 0. The van der Waals surface area contributed by atoms with Crippen molar-refractivity contribution in [1.29, 1.82) is 0 Å². The highest BCUT2D eigenvalue weighted by Crippen LogP contribution is 2.25. The van der Waals surface area contributed by atoms with E-state index in [0.29, 0.717) is 25.2 Å². The molecule has 0 fully saturated rings. The second kappa shape index (κ2) is 8.42. The van der Waals surface area contributed by atoms with Crippen LogP contribution >= 0.6 is 0 Å². The quantitative estimate of drug-likeness (QED) is 0.685. The number of carboxylic acids is 1. The minimum absolute atomic E-state index is 0.252. The first kappa shape index (κ1) is 17.2. The molecule has 5 heteroatoms. The van der Waals surface area contributed by atoms with Gasteiger partial charge in [-0.05, 0) is 25.3 Å². The van der Waals surface area contributed by atoms with Crippen molar-refractivity contribution in [2.45, 2.75) is 38.6 Å². The second-order valence-corrected chi connectivity index (χ2v) is 4.78. The van der Waals surface area contributed by atoms with Crippen LogP contribution in [0.3, 0.4) is 0 Å². The molecular weight excluding hydrogens is 270 g/mol. The summed E-state index contributed by atoms with van der Waals surface area (Å²) in [6.45, 7) is 4.75. The number of hydrogen-bond donors (Lipinski definition) is 2. The second-order valence-electron chi connectivity index (χ2n) is 4.78. The van der Waals surface area contributed by atoms with Crippen molar-refractivity contribution >= 4 is 11.9 Å². The molecule has 0 saturated heterocycles. The van der Waals surface area contributed by atoms with Crippen LogP contribution in [0.2, 0.25) is 0 Å². The number of carbonyl (C=O) groups excluding carboxylic acids is 1. The molecule has 0 spiro atoms. The highest BCUT2D eigenvalue weighted by Gasteiger charge is 2.39. The number of aliphatic carboxylic acids is 1. The monoisotopic (exact) mass is 293 g/mol. The summed E-state index contributed by atoms with van der Waals surface area (Å²) in [6, 6.07) is 8.79. The molecule has 0 heterocycles. The molecule has 1 aromatic carbocycles. The summed E-state index contributed by atoms with van der Waals surface area (Å²) in [5.74, 6) is -1.32. The van der Waals surface area contributed by atoms with Crippen molar-refractivity contribution in [1.82, 2.24) is 5.32 Å². The van der Waals surface area contributed by atoms with Crippen molar-refractivity contribution in [2.75, 3.05) is 13.2 Å². The summed E-state index contributed by atoms with van der Waals surface area (Å²) in [4.78, 5) is 23.8. The standard InChI is InChI=1S/C16H23NO4/c1-3-16(15(19)20,13-9-6-5-7-10-13)17-14(18)11-8-12-21-4-2/h5-7,9-10H,3-4,8,11-12H2,1-2H3,(H,17,18)(H,19,20). The van der Waals surface area contributed by atoms with Crippen LogP contribution in [0, 0.1) is 0 Å². The highest BCUT2D eigenvalue weighted by atomic mass is 16.5. The van der Waals surface area contributed by atoms with E-state index >= 15 is 0 Å². The number of benzene rings is 1. The topological polar surface area (TPSA) is 75.6 Å². The van der Waals surface area contributed by atoms with Crippen molar-refractivity contribution in [2.24, 2.45) is 0 Å². The van der Waals surface area contributed by atoms with Crippen LogP contribution in [0.15, 0.2) is 30.3 Å². The maximum Gasteiger partial charge on any atom is 0.334 e. The van der Waals surface area contributed by atoms with Crippen molar-refractivity contribution in [3.05, 3.63) is 35.9 Å². The molecule has 0 saturated carbocycles. The van der Waals surface area contributed by atoms with E-state index < -0.39 is 11.5 Å². The van der Waals surface area contributed by atoms with Gasteiger partial charge in [0.1, 0.15) is 0 Å². The van der Waals surface area contributed by atoms with Crippen molar-refractivity contribution in [3.8, 4) is 0 Å². The first-order valence-corrected chi connectivity index (χ1v) is 7.24. The van der Waals surface area contributed by atoms with E-state index in [9.17, 15) is 14.7 Å². The number of carbonyl (C=O) groups is 2. The molecule has 0 radical (unpaired) electrons. The highest BCUT2D eigenvalue weighted by molar-refractivity contribution is 5.88. The smallest absolute Gasteiger partial charge is 0.334 e. The first-order valence-electron chi connectivity index (χ1n) is 7.24. The van der Waals surface area contributed by atoms with Gasteiger partial charge in [0.05, 0.1) is 0 Å². The number of ether oxygens (including phenoxy) is 1. The Bertz CT molecular complexity index is 461. The fraction of sp³-hybridized carbons (Fsp3) is 0.500. The van der Waals surface area contributed by atoms with Gasteiger partial charge in [-0.1, -0.05) is 37.3 Å². The predicted molar refractivity (Wildman–Crippen MR) is 79.9 cm³/mol. The van der Waals surface area contributed by atoms with Gasteiger partial charge in [-0.15, -0.1) is 0 Å². The predicted octanol–water partition coefficient (Wildman–Crippen LogP) is 2.31. The van der Waals surface area contributed by atoms with E-state index in [1.807, 2.05) is 13.0 Å². The lowest BCUT2D eigenvalue weighted by Gasteiger charge is -2.30. The third-order valence-corrected chi connectivity index (χ3v) is 3.41. The van der Waals surface area contributed by atoms with Crippen molar-refractivity contribution in [3.63, 3.8) is 0 Å². The summed E-state index contributed by atoms with van der Waals surface area (Å²) < 4.78 is 5.18. The van der Waals surface area contributed by atoms with Gasteiger partial charge >= 0.3 is 5.97 Å². The molecule has 1 atom stereocenters. The Labute approximate surface area is 125 Å². The number of amides is 1. The van der Waals surface area contributed by atoms with Crippen LogP contribution in [-0.4, -0.2) is 30.2 Å². The van der Waals surface area contributed by atoms with Crippen LogP contribution in [0.5, 0.6) is 0 Å². The van der Waals surface area contributed by atoms with Gasteiger partial charge in [-0.2, -0.15) is 0 Å². The van der Waals surface area contributed by atoms with Crippen LogP contribution < -0.4 is 5.32 Å². The molecule has 2 N–H and O–H groups in total. The van der Waals surface area contributed by atoms with Gasteiger partial charge < -0.3 is 15.2 Å². The van der Waals surface area contributed by atoms with Gasteiger partial charge in [0.25, 0.3) is 0 Å². The molecule has 0 bridgehead atoms. The summed E-state index contributed by atoms with van der Waals surface area (Å²) >= 11 is 0. The largest absolute Gasteiger partial charge is 0.479 e. The summed E-state index contributed by atoms with van der Waals surface area (Å²) in [5, 5.41) is 12.3. The summed E-state index contributed by atoms with van der Waals surface area (Å²) in [6.07, 6.45) is 1.11. The molecule has 5 nitrogen and oxygen atoms in total. The fourth-order valence-corrected chi connectivity index (χ4v) is 2.20. The molecule has 0 aliphatic heterocycles. The number of rotatable bonds is 9. The van der Waals surface area contributed by atoms with E-state index in [1.54, 1.807) is 31.2 Å². The van der Waals surface area contributed by atoms with Gasteiger partial charge in [-0.25, -0.2) is 4.79 Å². The average Bonchev–Trinajstić information content (AvgIpc) is 2.50. The Morgan fingerprint density at radius 2 is 1.90 bits per heavy atom. The Morgan fingerprint density at radius 1 is 1.24 bits per heavy atom. The third-order valence-electron chi connectivity index (χ3n) is 3.41. The first-order chi connectivity index (χ1) is 10.1. The SMILES string of the molecule is CCOCCCC(=O)NC(CC)(C(=O)O)c1ccccc1. The zero-order chi connectivity index (χ0) is 15.7. The minimum Gasteiger partial charge on any atom is -0.479 e. The Kier molecular flexibility index (Phi) is 6.88. The van der Waals surface area contributed by atoms with Gasteiger partial charge in [0, 0.05) is 19.6 Å². The molecule has 116 valence electrons. The van der Waals surface area contributed by atoms with E-state index in [-0.39, 0.29) is 18.7 Å². The lowest BCUT2D eigenvalue weighted by atomic mass is 9.87. The Balaban J connectivity index is 2.80. The Hall–Kier alpha value is -1.88. The zero-order valence-electron chi connectivity index (χ0n) is 12.6. The van der Waals surface area contributed by atoms with Crippen LogP contribution in [0.1, 0.15) is 38.7 Å².